The predicted molar refractivity (Wildman–Crippen MR) is 67.7 cm³/mol. The van der Waals surface area contributed by atoms with E-state index in [-0.39, 0.29) is 6.61 Å². The van der Waals surface area contributed by atoms with Crippen molar-refractivity contribution in [2.75, 3.05) is 11.9 Å². The molecule has 1 atom stereocenters. The van der Waals surface area contributed by atoms with Gasteiger partial charge in [0.25, 0.3) is 0 Å². The summed E-state index contributed by atoms with van der Waals surface area (Å²) < 4.78 is 0. The number of anilines is 1. The third kappa shape index (κ3) is 3.24. The number of hydrogen-bond acceptors (Lipinski definition) is 2. The van der Waals surface area contributed by atoms with Crippen LogP contribution in [0.3, 0.4) is 0 Å². The molecule has 2 N–H and O–H groups in total. The minimum Gasteiger partial charge on any atom is -0.396 e. The lowest BCUT2D eigenvalue weighted by atomic mass is 10.1. The van der Waals surface area contributed by atoms with Gasteiger partial charge in [0, 0.05) is 18.3 Å². The molecule has 0 saturated heterocycles. The second-order valence-electron chi connectivity index (χ2n) is 4.80. The van der Waals surface area contributed by atoms with E-state index in [0.717, 1.165) is 18.8 Å². The topological polar surface area (TPSA) is 32.3 Å². The van der Waals surface area contributed by atoms with Gasteiger partial charge in [-0.15, -0.1) is 0 Å². The van der Waals surface area contributed by atoms with Crippen LogP contribution in [0.25, 0.3) is 0 Å². The molecule has 1 aromatic rings. The lowest BCUT2D eigenvalue weighted by Gasteiger charge is -2.15. The van der Waals surface area contributed by atoms with Crippen molar-refractivity contribution in [1.82, 2.24) is 0 Å². The Balaban J connectivity index is 1.92. The van der Waals surface area contributed by atoms with Gasteiger partial charge in [0.1, 0.15) is 0 Å². The Bertz CT molecular complexity index is 333. The van der Waals surface area contributed by atoms with Crippen molar-refractivity contribution in [2.24, 2.45) is 5.92 Å². The van der Waals surface area contributed by atoms with Crippen LogP contribution in [-0.4, -0.2) is 17.8 Å². The number of aliphatic hydroxyl groups is 1. The Labute approximate surface area is 97.7 Å². The molecular formula is C14H21NO. The standard InChI is InChI=1S/C14H21NO/c1-11(13-7-8-13)15-14-6-2-4-12(10-14)5-3-9-16/h2,4,6,10-11,13,15-16H,3,5,7-9H2,1H3. The van der Waals surface area contributed by atoms with Gasteiger partial charge in [-0.2, -0.15) is 0 Å². The molecular weight excluding hydrogens is 198 g/mol. The molecule has 0 heterocycles. The lowest BCUT2D eigenvalue weighted by Crippen LogP contribution is -2.17. The summed E-state index contributed by atoms with van der Waals surface area (Å²) in [6.07, 6.45) is 4.56. The molecule has 2 rings (SSSR count). The van der Waals surface area contributed by atoms with Crippen LogP contribution >= 0.6 is 0 Å². The first-order valence-corrected chi connectivity index (χ1v) is 6.26. The Morgan fingerprint density at radius 2 is 2.25 bits per heavy atom. The third-order valence-electron chi connectivity index (χ3n) is 3.27. The van der Waals surface area contributed by atoms with E-state index in [0.29, 0.717) is 6.04 Å². The van der Waals surface area contributed by atoms with Crippen LogP contribution in [0.15, 0.2) is 24.3 Å². The number of hydrogen-bond donors (Lipinski definition) is 2. The highest BCUT2D eigenvalue weighted by Gasteiger charge is 2.27. The molecule has 1 fully saturated rings. The number of aliphatic hydroxyl groups excluding tert-OH is 1. The fourth-order valence-electron chi connectivity index (χ4n) is 2.08. The van der Waals surface area contributed by atoms with Crippen molar-refractivity contribution in [1.29, 1.82) is 0 Å². The normalized spacial score (nSPS) is 17.1. The first-order valence-electron chi connectivity index (χ1n) is 6.26. The van der Waals surface area contributed by atoms with Gasteiger partial charge < -0.3 is 10.4 Å². The van der Waals surface area contributed by atoms with Gasteiger partial charge in [0.05, 0.1) is 0 Å². The number of nitrogens with one attached hydrogen (secondary N) is 1. The summed E-state index contributed by atoms with van der Waals surface area (Å²) in [6, 6.07) is 9.14. The Kier molecular flexibility index (Phi) is 3.83. The average molecular weight is 219 g/mol. The van der Waals surface area contributed by atoms with Crippen molar-refractivity contribution in [3.8, 4) is 0 Å². The van der Waals surface area contributed by atoms with E-state index in [4.69, 9.17) is 5.11 Å². The molecule has 1 aromatic carbocycles. The van der Waals surface area contributed by atoms with Crippen molar-refractivity contribution in [3.05, 3.63) is 29.8 Å². The molecule has 16 heavy (non-hydrogen) atoms. The van der Waals surface area contributed by atoms with E-state index < -0.39 is 0 Å². The van der Waals surface area contributed by atoms with Gasteiger partial charge in [0.15, 0.2) is 0 Å². The minimum atomic E-state index is 0.274. The summed E-state index contributed by atoms with van der Waals surface area (Å²) >= 11 is 0. The van der Waals surface area contributed by atoms with E-state index >= 15 is 0 Å². The van der Waals surface area contributed by atoms with E-state index in [1.54, 1.807) is 0 Å². The molecule has 0 bridgehead atoms. The number of rotatable bonds is 6. The molecule has 2 nitrogen and oxygen atoms in total. The Hall–Kier alpha value is -1.02. The first-order chi connectivity index (χ1) is 7.79. The molecule has 0 aromatic heterocycles. The second-order valence-corrected chi connectivity index (χ2v) is 4.80. The van der Waals surface area contributed by atoms with Crippen LogP contribution in [-0.2, 0) is 6.42 Å². The van der Waals surface area contributed by atoms with Crippen LogP contribution < -0.4 is 5.32 Å². The summed E-state index contributed by atoms with van der Waals surface area (Å²) in [5, 5.41) is 12.4. The Morgan fingerprint density at radius 1 is 1.44 bits per heavy atom. The molecule has 88 valence electrons. The molecule has 0 spiro atoms. The van der Waals surface area contributed by atoms with Crippen LogP contribution in [0.1, 0.15) is 31.7 Å². The molecule has 1 unspecified atom stereocenters. The quantitative estimate of drug-likeness (QED) is 0.771. The highest BCUT2D eigenvalue weighted by Crippen LogP contribution is 2.34. The smallest absolute Gasteiger partial charge is 0.0434 e. The van der Waals surface area contributed by atoms with Crippen molar-refractivity contribution >= 4 is 5.69 Å². The summed E-state index contributed by atoms with van der Waals surface area (Å²) in [5.74, 6) is 0.876. The second kappa shape index (κ2) is 5.35. The van der Waals surface area contributed by atoms with Gasteiger partial charge >= 0.3 is 0 Å². The monoisotopic (exact) mass is 219 g/mol. The summed E-state index contributed by atoms with van der Waals surface area (Å²) in [5.41, 5.74) is 2.52. The van der Waals surface area contributed by atoms with Gasteiger partial charge in [-0.1, -0.05) is 12.1 Å². The van der Waals surface area contributed by atoms with Crippen molar-refractivity contribution < 1.29 is 5.11 Å². The zero-order chi connectivity index (χ0) is 11.4. The fourth-order valence-corrected chi connectivity index (χ4v) is 2.08. The van der Waals surface area contributed by atoms with Gasteiger partial charge in [-0.3, -0.25) is 0 Å². The zero-order valence-electron chi connectivity index (χ0n) is 9.95. The van der Waals surface area contributed by atoms with Gasteiger partial charge in [0.2, 0.25) is 0 Å². The van der Waals surface area contributed by atoms with Crippen LogP contribution in [0.5, 0.6) is 0 Å². The largest absolute Gasteiger partial charge is 0.396 e. The first kappa shape index (κ1) is 11.5. The number of benzene rings is 1. The molecule has 0 aliphatic heterocycles. The predicted octanol–water partition coefficient (Wildman–Crippen LogP) is 2.82. The Morgan fingerprint density at radius 3 is 2.94 bits per heavy atom. The van der Waals surface area contributed by atoms with Crippen molar-refractivity contribution in [2.45, 2.75) is 38.6 Å². The van der Waals surface area contributed by atoms with E-state index in [1.807, 2.05) is 0 Å². The van der Waals surface area contributed by atoms with E-state index in [2.05, 4.69) is 36.5 Å². The molecule has 1 aliphatic rings. The summed E-state index contributed by atoms with van der Waals surface area (Å²) in [6.45, 7) is 2.54. The molecule has 1 aliphatic carbocycles. The highest BCUT2D eigenvalue weighted by molar-refractivity contribution is 5.46. The fraction of sp³-hybridized carbons (Fsp3) is 0.571. The SMILES string of the molecule is CC(Nc1cccc(CCCO)c1)C1CC1. The van der Waals surface area contributed by atoms with Gasteiger partial charge in [-0.05, 0) is 56.2 Å². The van der Waals surface area contributed by atoms with Crippen LogP contribution in [0.4, 0.5) is 5.69 Å². The van der Waals surface area contributed by atoms with Crippen molar-refractivity contribution in [3.63, 3.8) is 0 Å². The number of aryl methyl sites for hydroxylation is 1. The minimum absolute atomic E-state index is 0.274. The summed E-state index contributed by atoms with van der Waals surface area (Å²) in [7, 11) is 0. The maximum absolute atomic E-state index is 8.81. The lowest BCUT2D eigenvalue weighted by molar-refractivity contribution is 0.288. The zero-order valence-corrected chi connectivity index (χ0v) is 9.95. The molecule has 0 amide bonds. The van der Waals surface area contributed by atoms with Gasteiger partial charge in [-0.25, -0.2) is 0 Å². The molecule has 2 heteroatoms. The van der Waals surface area contributed by atoms with Crippen LogP contribution in [0, 0.1) is 5.92 Å². The van der Waals surface area contributed by atoms with Crippen LogP contribution in [0.2, 0.25) is 0 Å². The molecule has 0 radical (unpaired) electrons. The summed E-state index contributed by atoms with van der Waals surface area (Å²) in [4.78, 5) is 0. The van der Waals surface area contributed by atoms with E-state index in [9.17, 15) is 0 Å². The average Bonchev–Trinajstić information content (AvgIpc) is 3.10. The highest BCUT2D eigenvalue weighted by atomic mass is 16.2. The molecule has 1 saturated carbocycles. The maximum atomic E-state index is 8.81. The van der Waals surface area contributed by atoms with E-state index in [1.165, 1.54) is 24.1 Å². The maximum Gasteiger partial charge on any atom is 0.0434 e. The third-order valence-corrected chi connectivity index (χ3v) is 3.27.